The fraction of sp³-hybridized carbons (Fsp3) is 0.150. The minimum atomic E-state index is -1.16. The predicted molar refractivity (Wildman–Crippen MR) is 95.6 cm³/mol. The number of hydrogen-bond donors (Lipinski definition) is 4. The molecule has 25 heavy (non-hydrogen) atoms. The van der Waals surface area contributed by atoms with Gasteiger partial charge in [-0.25, -0.2) is 0 Å². The molecule has 0 spiro atoms. The zero-order chi connectivity index (χ0) is 18.6. The van der Waals surface area contributed by atoms with Gasteiger partial charge in [0.2, 0.25) is 0 Å². The molecule has 4 N–H and O–H groups in total. The van der Waals surface area contributed by atoms with Crippen LogP contribution in [-0.4, -0.2) is 26.2 Å². The first-order valence-electron chi connectivity index (χ1n) is 7.68. The van der Waals surface area contributed by atoms with Crippen LogP contribution in [0.3, 0.4) is 0 Å². The SMILES string of the molecule is C=C(C)CC(O)c1c(O)ccc(C(=O)C=Cc2ccc(O)cc2)c1O. The first-order valence-corrected chi connectivity index (χ1v) is 7.68. The van der Waals surface area contributed by atoms with E-state index in [1.54, 1.807) is 19.1 Å². The van der Waals surface area contributed by atoms with Gasteiger partial charge in [-0.2, -0.15) is 0 Å². The van der Waals surface area contributed by atoms with E-state index in [4.69, 9.17) is 0 Å². The lowest BCUT2D eigenvalue weighted by atomic mass is 9.96. The van der Waals surface area contributed by atoms with Gasteiger partial charge in [0.25, 0.3) is 0 Å². The van der Waals surface area contributed by atoms with Gasteiger partial charge in [0.1, 0.15) is 17.2 Å². The van der Waals surface area contributed by atoms with Crippen molar-refractivity contribution < 1.29 is 25.2 Å². The topological polar surface area (TPSA) is 98.0 Å². The summed E-state index contributed by atoms with van der Waals surface area (Å²) in [7, 11) is 0. The van der Waals surface area contributed by atoms with Crippen LogP contribution in [0.25, 0.3) is 6.08 Å². The Hall–Kier alpha value is -3.05. The molecular formula is C20H20O5. The molecule has 0 radical (unpaired) electrons. The van der Waals surface area contributed by atoms with Crippen LogP contribution in [0.1, 0.15) is 40.9 Å². The first kappa shape index (κ1) is 18.3. The summed E-state index contributed by atoms with van der Waals surface area (Å²) in [6.07, 6.45) is 1.81. The van der Waals surface area contributed by atoms with Crippen molar-refractivity contribution in [1.82, 2.24) is 0 Å². The minimum absolute atomic E-state index is 0.0245. The predicted octanol–water partition coefficient (Wildman–Crippen LogP) is 3.70. The number of rotatable bonds is 6. The molecule has 0 saturated heterocycles. The molecule has 0 bridgehead atoms. The smallest absolute Gasteiger partial charge is 0.189 e. The van der Waals surface area contributed by atoms with Gasteiger partial charge in [0.05, 0.1) is 17.2 Å². The molecular weight excluding hydrogens is 320 g/mol. The largest absolute Gasteiger partial charge is 0.508 e. The lowest BCUT2D eigenvalue weighted by Crippen LogP contribution is -2.03. The third-order valence-corrected chi connectivity index (χ3v) is 3.65. The summed E-state index contributed by atoms with van der Waals surface area (Å²) in [5.41, 5.74) is 1.26. The van der Waals surface area contributed by atoms with E-state index in [0.717, 1.165) is 0 Å². The van der Waals surface area contributed by atoms with E-state index < -0.39 is 17.6 Å². The Morgan fingerprint density at radius 2 is 1.76 bits per heavy atom. The Morgan fingerprint density at radius 1 is 1.12 bits per heavy atom. The Bertz CT molecular complexity index is 819. The van der Waals surface area contributed by atoms with E-state index in [2.05, 4.69) is 6.58 Å². The van der Waals surface area contributed by atoms with E-state index in [1.807, 2.05) is 0 Å². The van der Waals surface area contributed by atoms with Crippen LogP contribution < -0.4 is 0 Å². The Morgan fingerprint density at radius 3 is 2.36 bits per heavy atom. The minimum Gasteiger partial charge on any atom is -0.508 e. The number of ketones is 1. The molecule has 0 aliphatic rings. The van der Waals surface area contributed by atoms with Gasteiger partial charge >= 0.3 is 0 Å². The molecule has 0 aliphatic heterocycles. The van der Waals surface area contributed by atoms with Crippen LogP contribution >= 0.6 is 0 Å². The summed E-state index contributed by atoms with van der Waals surface area (Å²) in [5.74, 6) is -1.09. The maximum Gasteiger partial charge on any atom is 0.189 e. The summed E-state index contributed by atoms with van der Waals surface area (Å²) >= 11 is 0. The summed E-state index contributed by atoms with van der Waals surface area (Å²) in [6.45, 7) is 5.40. The molecule has 0 fully saturated rings. The maximum absolute atomic E-state index is 12.3. The average Bonchev–Trinajstić information content (AvgIpc) is 2.53. The number of aromatic hydroxyl groups is 3. The van der Waals surface area contributed by atoms with Gasteiger partial charge in [-0.15, -0.1) is 6.58 Å². The molecule has 1 atom stereocenters. The van der Waals surface area contributed by atoms with Crippen molar-refractivity contribution in [2.45, 2.75) is 19.4 Å². The van der Waals surface area contributed by atoms with Crippen molar-refractivity contribution in [2.75, 3.05) is 0 Å². The van der Waals surface area contributed by atoms with Crippen LogP contribution in [0.4, 0.5) is 0 Å². The van der Waals surface area contributed by atoms with Crippen LogP contribution in [0.2, 0.25) is 0 Å². The summed E-state index contributed by atoms with van der Waals surface area (Å²) in [5, 5.41) is 39.6. The normalized spacial score (nSPS) is 12.2. The number of phenolic OH excluding ortho intramolecular Hbond substituents is 3. The van der Waals surface area contributed by atoms with Crippen LogP contribution in [0.15, 0.2) is 54.6 Å². The van der Waals surface area contributed by atoms with Gasteiger partial charge in [0, 0.05) is 0 Å². The lowest BCUT2D eigenvalue weighted by Gasteiger charge is -2.16. The molecule has 0 heterocycles. The Labute approximate surface area is 145 Å². The van der Waals surface area contributed by atoms with Gasteiger partial charge < -0.3 is 20.4 Å². The zero-order valence-electron chi connectivity index (χ0n) is 13.8. The third kappa shape index (κ3) is 4.49. The van der Waals surface area contributed by atoms with E-state index in [-0.39, 0.29) is 29.0 Å². The molecule has 1 unspecified atom stereocenters. The molecule has 2 aromatic rings. The number of carbonyl (C=O) groups is 1. The van der Waals surface area contributed by atoms with Crippen LogP contribution in [0.5, 0.6) is 17.2 Å². The number of carbonyl (C=O) groups excluding carboxylic acids is 1. The van der Waals surface area contributed by atoms with E-state index in [9.17, 15) is 25.2 Å². The Balaban J connectivity index is 2.31. The highest BCUT2D eigenvalue weighted by Crippen LogP contribution is 2.38. The van der Waals surface area contributed by atoms with Crippen molar-refractivity contribution in [3.8, 4) is 17.2 Å². The molecule has 0 saturated carbocycles. The highest BCUT2D eigenvalue weighted by molar-refractivity contribution is 6.09. The zero-order valence-corrected chi connectivity index (χ0v) is 13.8. The lowest BCUT2D eigenvalue weighted by molar-refractivity contribution is 0.104. The summed E-state index contributed by atoms with van der Waals surface area (Å²) in [4.78, 5) is 12.3. The highest BCUT2D eigenvalue weighted by Gasteiger charge is 2.22. The van der Waals surface area contributed by atoms with Gasteiger partial charge in [-0.05, 0) is 49.2 Å². The second kappa shape index (κ2) is 7.68. The van der Waals surface area contributed by atoms with Crippen molar-refractivity contribution in [3.63, 3.8) is 0 Å². The van der Waals surface area contributed by atoms with Crippen molar-refractivity contribution in [2.24, 2.45) is 0 Å². The van der Waals surface area contributed by atoms with Gasteiger partial charge in [0.15, 0.2) is 5.78 Å². The quantitative estimate of drug-likeness (QED) is 0.365. The van der Waals surface area contributed by atoms with E-state index in [0.29, 0.717) is 11.1 Å². The van der Waals surface area contributed by atoms with Crippen LogP contribution in [0, 0.1) is 0 Å². The molecule has 0 aromatic heterocycles. The van der Waals surface area contributed by atoms with Crippen molar-refractivity contribution >= 4 is 11.9 Å². The standard InChI is InChI=1S/C20H20O5/c1-12(2)11-18(24)19-17(23)10-8-15(20(19)25)16(22)9-5-13-3-6-14(21)7-4-13/h3-10,18,21,23-25H,1,11H2,2H3. The monoisotopic (exact) mass is 340 g/mol. The molecule has 0 aliphatic carbocycles. The fourth-order valence-electron chi connectivity index (χ4n) is 2.40. The van der Waals surface area contributed by atoms with Gasteiger partial charge in [-0.1, -0.05) is 23.8 Å². The number of benzene rings is 2. The summed E-state index contributed by atoms with van der Waals surface area (Å²) in [6, 6.07) is 8.82. The molecule has 5 nitrogen and oxygen atoms in total. The van der Waals surface area contributed by atoms with Gasteiger partial charge in [-0.3, -0.25) is 4.79 Å². The molecule has 2 rings (SSSR count). The number of allylic oxidation sites excluding steroid dienone is 1. The molecule has 0 amide bonds. The second-order valence-electron chi connectivity index (χ2n) is 5.86. The van der Waals surface area contributed by atoms with E-state index in [1.165, 1.54) is 36.4 Å². The number of phenols is 3. The highest BCUT2D eigenvalue weighted by atomic mass is 16.3. The first-order chi connectivity index (χ1) is 11.8. The Kier molecular flexibility index (Phi) is 5.62. The molecule has 2 aromatic carbocycles. The number of hydrogen-bond acceptors (Lipinski definition) is 5. The number of aliphatic hydroxyl groups excluding tert-OH is 1. The average molecular weight is 340 g/mol. The van der Waals surface area contributed by atoms with Crippen molar-refractivity contribution in [3.05, 3.63) is 71.3 Å². The van der Waals surface area contributed by atoms with Crippen molar-refractivity contribution in [1.29, 1.82) is 0 Å². The van der Waals surface area contributed by atoms with E-state index >= 15 is 0 Å². The number of aliphatic hydroxyl groups is 1. The maximum atomic E-state index is 12.3. The molecule has 5 heteroatoms. The second-order valence-corrected chi connectivity index (χ2v) is 5.86. The fourth-order valence-corrected chi connectivity index (χ4v) is 2.40. The third-order valence-electron chi connectivity index (χ3n) is 3.65. The van der Waals surface area contributed by atoms with Crippen LogP contribution in [-0.2, 0) is 0 Å². The summed E-state index contributed by atoms with van der Waals surface area (Å²) < 4.78 is 0. The molecule has 130 valence electrons.